The summed E-state index contributed by atoms with van der Waals surface area (Å²) < 4.78 is 13.2. The molecule has 0 amide bonds. The fraction of sp³-hybridized carbons (Fsp3) is 0.263. The molecule has 1 aliphatic heterocycles. The molecule has 25 heavy (non-hydrogen) atoms. The van der Waals surface area contributed by atoms with Gasteiger partial charge in [0, 0.05) is 61.5 Å². The van der Waals surface area contributed by atoms with Crippen molar-refractivity contribution in [2.45, 2.75) is 26.4 Å². The van der Waals surface area contributed by atoms with Gasteiger partial charge in [0.05, 0.1) is 5.69 Å². The summed E-state index contributed by atoms with van der Waals surface area (Å²) in [5.74, 6) is 0.292. The highest BCUT2D eigenvalue weighted by Crippen LogP contribution is 2.22. The Morgan fingerprint density at radius 3 is 2.88 bits per heavy atom. The van der Waals surface area contributed by atoms with Crippen molar-refractivity contribution in [2.75, 3.05) is 6.54 Å². The van der Waals surface area contributed by atoms with Crippen LogP contribution in [0.15, 0.2) is 42.9 Å². The molecule has 0 aromatic carbocycles. The largest absolute Gasteiger partial charge is 0.294 e. The lowest BCUT2D eigenvalue weighted by molar-refractivity contribution is 0.242. The Labute approximate surface area is 145 Å². The number of hydrogen-bond acceptors (Lipinski definition) is 5. The highest BCUT2D eigenvalue weighted by atomic mass is 19.1. The SMILES string of the molecule is Cc1nc(F)ccc1CN1CCc2nc(-c3cccnc3)ncc2C1. The molecule has 4 heterocycles. The number of fused-ring (bicyclic) bond motifs is 1. The smallest absolute Gasteiger partial charge is 0.213 e. The predicted molar refractivity (Wildman–Crippen MR) is 92.0 cm³/mol. The van der Waals surface area contributed by atoms with Gasteiger partial charge in [-0.2, -0.15) is 4.39 Å². The van der Waals surface area contributed by atoms with Crippen LogP contribution in [0.3, 0.4) is 0 Å². The molecule has 0 saturated carbocycles. The minimum Gasteiger partial charge on any atom is -0.294 e. The Hall–Kier alpha value is -2.73. The van der Waals surface area contributed by atoms with Crippen LogP contribution in [-0.2, 0) is 19.5 Å². The fourth-order valence-electron chi connectivity index (χ4n) is 3.11. The first-order valence-corrected chi connectivity index (χ1v) is 8.28. The summed E-state index contributed by atoms with van der Waals surface area (Å²) in [5.41, 5.74) is 4.97. The minimum atomic E-state index is -0.429. The van der Waals surface area contributed by atoms with E-state index >= 15 is 0 Å². The second-order valence-electron chi connectivity index (χ2n) is 6.25. The van der Waals surface area contributed by atoms with Crippen LogP contribution in [0.25, 0.3) is 11.4 Å². The van der Waals surface area contributed by atoms with E-state index in [4.69, 9.17) is 4.98 Å². The van der Waals surface area contributed by atoms with Gasteiger partial charge in [-0.05, 0) is 30.7 Å². The first kappa shape index (κ1) is 15.8. The van der Waals surface area contributed by atoms with E-state index in [9.17, 15) is 4.39 Å². The average Bonchev–Trinajstić information content (AvgIpc) is 2.64. The lowest BCUT2D eigenvalue weighted by Gasteiger charge is -2.28. The number of halogens is 1. The van der Waals surface area contributed by atoms with E-state index in [0.29, 0.717) is 0 Å². The van der Waals surface area contributed by atoms with Crippen LogP contribution in [0.4, 0.5) is 4.39 Å². The zero-order valence-corrected chi connectivity index (χ0v) is 14.0. The van der Waals surface area contributed by atoms with Crippen molar-refractivity contribution in [2.24, 2.45) is 0 Å². The summed E-state index contributed by atoms with van der Waals surface area (Å²) in [7, 11) is 0. The van der Waals surface area contributed by atoms with Crippen molar-refractivity contribution in [3.05, 3.63) is 71.3 Å². The molecule has 0 saturated heterocycles. The molecule has 6 heteroatoms. The zero-order valence-electron chi connectivity index (χ0n) is 14.0. The Balaban J connectivity index is 1.52. The second-order valence-corrected chi connectivity index (χ2v) is 6.25. The van der Waals surface area contributed by atoms with E-state index in [0.717, 1.165) is 60.0 Å². The van der Waals surface area contributed by atoms with Gasteiger partial charge >= 0.3 is 0 Å². The molecular formula is C19H18FN5. The van der Waals surface area contributed by atoms with Gasteiger partial charge in [0.2, 0.25) is 5.95 Å². The summed E-state index contributed by atoms with van der Waals surface area (Å²) in [4.78, 5) is 19.6. The van der Waals surface area contributed by atoms with Gasteiger partial charge < -0.3 is 0 Å². The molecule has 0 radical (unpaired) electrons. The number of aromatic nitrogens is 4. The third kappa shape index (κ3) is 3.39. The highest BCUT2D eigenvalue weighted by Gasteiger charge is 2.19. The number of hydrogen-bond donors (Lipinski definition) is 0. The monoisotopic (exact) mass is 335 g/mol. The Bertz CT molecular complexity index is 898. The van der Waals surface area contributed by atoms with Crippen molar-refractivity contribution >= 4 is 0 Å². The number of pyridine rings is 2. The van der Waals surface area contributed by atoms with Gasteiger partial charge in [0.1, 0.15) is 0 Å². The maximum atomic E-state index is 13.2. The second kappa shape index (κ2) is 6.64. The van der Waals surface area contributed by atoms with Gasteiger partial charge in [-0.25, -0.2) is 15.0 Å². The van der Waals surface area contributed by atoms with Crippen molar-refractivity contribution in [1.82, 2.24) is 24.8 Å². The van der Waals surface area contributed by atoms with Crippen LogP contribution in [0.2, 0.25) is 0 Å². The molecule has 0 atom stereocenters. The van der Waals surface area contributed by atoms with Gasteiger partial charge in [-0.1, -0.05) is 6.07 Å². The quantitative estimate of drug-likeness (QED) is 0.689. The van der Waals surface area contributed by atoms with Crippen LogP contribution >= 0.6 is 0 Å². The standard InChI is InChI=1S/C19H18FN5/c1-13-15(4-5-18(20)23-13)11-25-8-6-17-16(12-25)10-22-19(24-17)14-3-2-7-21-9-14/h2-5,7,9-10H,6,8,11-12H2,1H3. The lowest BCUT2D eigenvalue weighted by Crippen LogP contribution is -2.31. The topological polar surface area (TPSA) is 54.8 Å². The first-order valence-electron chi connectivity index (χ1n) is 8.28. The van der Waals surface area contributed by atoms with E-state index in [2.05, 4.69) is 19.9 Å². The Morgan fingerprint density at radius 2 is 2.08 bits per heavy atom. The normalized spacial score (nSPS) is 14.3. The molecule has 3 aromatic heterocycles. The van der Waals surface area contributed by atoms with Crippen LogP contribution in [0, 0.1) is 12.9 Å². The van der Waals surface area contributed by atoms with Crippen molar-refractivity contribution < 1.29 is 4.39 Å². The molecule has 0 N–H and O–H groups in total. The minimum absolute atomic E-state index is 0.429. The maximum absolute atomic E-state index is 13.2. The average molecular weight is 335 g/mol. The summed E-state index contributed by atoms with van der Waals surface area (Å²) in [6, 6.07) is 7.09. The number of nitrogens with zero attached hydrogens (tertiary/aromatic N) is 5. The molecule has 0 unspecified atom stereocenters. The Kier molecular flexibility index (Phi) is 4.19. The Morgan fingerprint density at radius 1 is 1.16 bits per heavy atom. The van der Waals surface area contributed by atoms with Crippen LogP contribution in [0.5, 0.6) is 0 Å². The van der Waals surface area contributed by atoms with Gasteiger partial charge in [0.25, 0.3) is 0 Å². The summed E-state index contributed by atoms with van der Waals surface area (Å²) in [6.45, 7) is 4.30. The molecule has 4 rings (SSSR count). The van der Waals surface area contributed by atoms with E-state index < -0.39 is 5.95 Å². The van der Waals surface area contributed by atoms with Crippen LogP contribution in [-0.4, -0.2) is 31.4 Å². The molecule has 0 aliphatic carbocycles. The van der Waals surface area contributed by atoms with Gasteiger partial charge in [-0.15, -0.1) is 0 Å². The van der Waals surface area contributed by atoms with E-state index in [1.54, 1.807) is 12.4 Å². The molecule has 3 aromatic rings. The summed E-state index contributed by atoms with van der Waals surface area (Å²) >= 11 is 0. The molecule has 126 valence electrons. The van der Waals surface area contributed by atoms with Gasteiger partial charge in [-0.3, -0.25) is 9.88 Å². The fourth-order valence-corrected chi connectivity index (χ4v) is 3.11. The van der Waals surface area contributed by atoms with E-state index in [1.807, 2.05) is 31.3 Å². The number of aryl methyl sites for hydroxylation is 1. The third-order valence-electron chi connectivity index (χ3n) is 4.49. The summed E-state index contributed by atoms with van der Waals surface area (Å²) in [5, 5.41) is 0. The molecule has 0 fully saturated rings. The van der Waals surface area contributed by atoms with E-state index in [1.165, 1.54) is 6.07 Å². The first-order chi connectivity index (χ1) is 12.2. The van der Waals surface area contributed by atoms with Crippen molar-refractivity contribution in [3.63, 3.8) is 0 Å². The maximum Gasteiger partial charge on any atom is 0.213 e. The van der Waals surface area contributed by atoms with Gasteiger partial charge in [0.15, 0.2) is 5.82 Å². The highest BCUT2D eigenvalue weighted by molar-refractivity contribution is 5.53. The van der Waals surface area contributed by atoms with E-state index in [-0.39, 0.29) is 0 Å². The van der Waals surface area contributed by atoms with Crippen molar-refractivity contribution in [1.29, 1.82) is 0 Å². The van der Waals surface area contributed by atoms with Crippen molar-refractivity contribution in [3.8, 4) is 11.4 Å². The number of rotatable bonds is 3. The molecular weight excluding hydrogens is 317 g/mol. The molecule has 5 nitrogen and oxygen atoms in total. The molecule has 0 bridgehead atoms. The third-order valence-corrected chi connectivity index (χ3v) is 4.49. The van der Waals surface area contributed by atoms with Crippen LogP contribution < -0.4 is 0 Å². The molecule has 1 aliphatic rings. The summed E-state index contributed by atoms with van der Waals surface area (Å²) in [6.07, 6.45) is 6.30. The predicted octanol–water partition coefficient (Wildman–Crippen LogP) is 2.94. The lowest BCUT2D eigenvalue weighted by atomic mass is 10.1. The van der Waals surface area contributed by atoms with Crippen LogP contribution in [0.1, 0.15) is 22.5 Å². The zero-order chi connectivity index (χ0) is 17.2. The molecule has 0 spiro atoms.